The van der Waals surface area contributed by atoms with E-state index in [0.29, 0.717) is 5.56 Å². The van der Waals surface area contributed by atoms with Crippen molar-refractivity contribution in [1.82, 2.24) is 15.5 Å². The van der Waals surface area contributed by atoms with Crippen LogP contribution in [0.1, 0.15) is 49.1 Å². The highest BCUT2D eigenvalue weighted by molar-refractivity contribution is 5.92. The van der Waals surface area contributed by atoms with Gasteiger partial charge in [0.1, 0.15) is 17.7 Å². The monoisotopic (exact) mass is 499 g/mol. The Balaban J connectivity index is 2.42. The summed E-state index contributed by atoms with van der Waals surface area (Å²) >= 11 is 0. The summed E-state index contributed by atoms with van der Waals surface area (Å²) < 4.78 is 5.21. The minimum Gasteiger partial charge on any atom is -0.444 e. The first-order valence-corrected chi connectivity index (χ1v) is 11.9. The van der Waals surface area contributed by atoms with Gasteiger partial charge in [-0.15, -0.1) is 0 Å². The van der Waals surface area contributed by atoms with Gasteiger partial charge in [-0.25, -0.2) is 4.79 Å². The van der Waals surface area contributed by atoms with Crippen molar-refractivity contribution in [2.45, 2.75) is 58.8 Å². The molecule has 2 aromatic rings. The highest BCUT2D eigenvalue weighted by Gasteiger charge is 2.36. The van der Waals surface area contributed by atoms with Gasteiger partial charge in [0.2, 0.25) is 11.8 Å². The number of nitrogens with zero attached hydrogens (tertiary/aromatic N) is 1. The van der Waals surface area contributed by atoms with Gasteiger partial charge in [-0.2, -0.15) is 0 Å². The summed E-state index contributed by atoms with van der Waals surface area (Å²) in [5.41, 5.74) is 2.39. The Kier molecular flexibility index (Phi) is 10.4. The van der Waals surface area contributed by atoms with E-state index in [1.54, 1.807) is 32.9 Å². The number of amides is 3. The van der Waals surface area contributed by atoms with Gasteiger partial charge in [-0.3, -0.25) is 9.59 Å². The van der Waals surface area contributed by atoms with E-state index in [2.05, 4.69) is 10.6 Å². The van der Waals surface area contributed by atoms with Gasteiger partial charge in [0, 0.05) is 13.1 Å². The fourth-order valence-corrected chi connectivity index (χ4v) is 3.71. The van der Waals surface area contributed by atoms with E-state index in [4.69, 9.17) is 4.74 Å². The Hall–Kier alpha value is -3.43. The number of hydrogen-bond acceptors (Lipinski definition) is 6. The summed E-state index contributed by atoms with van der Waals surface area (Å²) in [6.45, 7) is 7.68. The van der Waals surface area contributed by atoms with Crippen LogP contribution in [0, 0.1) is 13.8 Å². The third-order valence-electron chi connectivity index (χ3n) is 5.61. The van der Waals surface area contributed by atoms with Crippen LogP contribution in [0.15, 0.2) is 48.5 Å². The molecule has 0 heterocycles. The molecular formula is C27H37N3O6. The summed E-state index contributed by atoms with van der Waals surface area (Å²) in [6.07, 6.45) is -0.879. The van der Waals surface area contributed by atoms with E-state index in [1.165, 1.54) is 4.90 Å². The smallest absolute Gasteiger partial charge is 0.408 e. The lowest BCUT2D eigenvalue weighted by Gasteiger charge is -2.34. The second-order valence-corrected chi connectivity index (χ2v) is 9.53. The lowest BCUT2D eigenvalue weighted by Crippen LogP contribution is -2.55. The molecule has 0 aliphatic rings. The Bertz CT molecular complexity index is 1040. The molecule has 0 saturated carbocycles. The van der Waals surface area contributed by atoms with Crippen molar-refractivity contribution in [2.75, 3.05) is 19.8 Å². The predicted molar refractivity (Wildman–Crippen MR) is 136 cm³/mol. The average Bonchev–Trinajstić information content (AvgIpc) is 2.82. The predicted octanol–water partition coefficient (Wildman–Crippen LogP) is 2.37. The lowest BCUT2D eigenvalue weighted by atomic mass is 9.95. The van der Waals surface area contributed by atoms with Crippen molar-refractivity contribution < 1.29 is 29.3 Å². The van der Waals surface area contributed by atoms with Crippen LogP contribution in [-0.2, 0) is 20.9 Å². The third kappa shape index (κ3) is 8.07. The lowest BCUT2D eigenvalue weighted by molar-refractivity contribution is -0.143. The fraction of sp³-hybridized carbons (Fsp3) is 0.444. The van der Waals surface area contributed by atoms with Crippen LogP contribution in [0.4, 0.5) is 4.79 Å². The van der Waals surface area contributed by atoms with E-state index in [9.17, 15) is 24.6 Å². The highest BCUT2D eigenvalue weighted by Crippen LogP contribution is 2.27. The Labute approximate surface area is 212 Å². The first-order valence-electron chi connectivity index (χ1n) is 11.9. The Morgan fingerprint density at radius 2 is 1.67 bits per heavy atom. The summed E-state index contributed by atoms with van der Waals surface area (Å²) in [5.74, 6) is -1.18. The number of rotatable bonds is 10. The molecule has 0 saturated heterocycles. The standard InChI is InChI=1S/C27H37N3O6/c1-18-10-9-13-21(19(18)2)23(24(33)28-16-20-11-7-6-8-12-20)30(14-15-31)25(34)22(17-32)29-26(35)36-27(3,4)5/h6-13,22-23,31-32H,14-17H2,1-5H3,(H,28,33)(H,29,35). The zero-order chi connectivity index (χ0) is 26.9. The Morgan fingerprint density at radius 3 is 2.25 bits per heavy atom. The minimum absolute atomic E-state index is 0.192. The van der Waals surface area contributed by atoms with Gasteiger partial charge in [-0.1, -0.05) is 48.5 Å². The van der Waals surface area contributed by atoms with Crippen molar-refractivity contribution >= 4 is 17.9 Å². The molecule has 36 heavy (non-hydrogen) atoms. The number of hydrogen-bond donors (Lipinski definition) is 4. The normalized spacial score (nSPS) is 12.9. The third-order valence-corrected chi connectivity index (χ3v) is 5.61. The molecule has 0 aliphatic carbocycles. The summed E-state index contributed by atoms with van der Waals surface area (Å²) in [7, 11) is 0. The fourth-order valence-electron chi connectivity index (χ4n) is 3.71. The number of aliphatic hydroxyl groups excluding tert-OH is 2. The van der Waals surface area contributed by atoms with Crippen LogP contribution < -0.4 is 10.6 Å². The molecule has 9 heteroatoms. The number of carbonyl (C=O) groups is 3. The maximum absolute atomic E-state index is 13.6. The first kappa shape index (κ1) is 28.8. The molecule has 2 aromatic carbocycles. The van der Waals surface area contributed by atoms with Crippen molar-refractivity contribution in [3.8, 4) is 0 Å². The van der Waals surface area contributed by atoms with E-state index in [-0.39, 0.29) is 13.1 Å². The van der Waals surface area contributed by atoms with Gasteiger partial charge in [0.25, 0.3) is 0 Å². The maximum atomic E-state index is 13.6. The topological polar surface area (TPSA) is 128 Å². The molecule has 0 bridgehead atoms. The van der Waals surface area contributed by atoms with Gasteiger partial charge in [0.05, 0.1) is 13.2 Å². The van der Waals surface area contributed by atoms with E-state index >= 15 is 0 Å². The molecule has 0 aliphatic heterocycles. The van der Waals surface area contributed by atoms with Crippen LogP contribution in [0.5, 0.6) is 0 Å². The van der Waals surface area contributed by atoms with Gasteiger partial charge >= 0.3 is 6.09 Å². The van der Waals surface area contributed by atoms with E-state index in [1.807, 2.05) is 50.2 Å². The maximum Gasteiger partial charge on any atom is 0.408 e. The molecule has 2 unspecified atom stereocenters. The summed E-state index contributed by atoms with van der Waals surface area (Å²) in [5, 5.41) is 25.0. The molecule has 4 N–H and O–H groups in total. The number of benzene rings is 2. The van der Waals surface area contributed by atoms with E-state index < -0.39 is 48.8 Å². The SMILES string of the molecule is Cc1cccc(C(C(=O)NCc2ccccc2)N(CCO)C(=O)C(CO)NC(=O)OC(C)(C)C)c1C. The van der Waals surface area contributed by atoms with Gasteiger partial charge in [0.15, 0.2) is 0 Å². The number of nitrogens with one attached hydrogen (secondary N) is 2. The number of carbonyl (C=O) groups excluding carboxylic acids is 3. The van der Waals surface area contributed by atoms with Crippen molar-refractivity contribution in [3.63, 3.8) is 0 Å². The molecule has 196 valence electrons. The zero-order valence-corrected chi connectivity index (χ0v) is 21.6. The van der Waals surface area contributed by atoms with Crippen molar-refractivity contribution in [3.05, 3.63) is 70.8 Å². The second-order valence-electron chi connectivity index (χ2n) is 9.53. The van der Waals surface area contributed by atoms with Gasteiger partial charge < -0.3 is 30.5 Å². The zero-order valence-electron chi connectivity index (χ0n) is 21.6. The quantitative estimate of drug-likeness (QED) is 0.397. The number of aryl methyl sites for hydroxylation is 1. The molecule has 9 nitrogen and oxygen atoms in total. The highest BCUT2D eigenvalue weighted by atomic mass is 16.6. The molecular weight excluding hydrogens is 462 g/mol. The molecule has 0 aromatic heterocycles. The van der Waals surface area contributed by atoms with Crippen LogP contribution in [-0.4, -0.2) is 64.4 Å². The summed E-state index contributed by atoms with van der Waals surface area (Å²) in [4.78, 5) is 40.6. The summed E-state index contributed by atoms with van der Waals surface area (Å²) in [6, 6.07) is 12.3. The molecule has 0 radical (unpaired) electrons. The minimum atomic E-state index is -1.37. The van der Waals surface area contributed by atoms with E-state index in [0.717, 1.165) is 16.7 Å². The van der Waals surface area contributed by atoms with Crippen LogP contribution in [0.3, 0.4) is 0 Å². The average molecular weight is 500 g/mol. The molecule has 0 fully saturated rings. The van der Waals surface area contributed by atoms with Crippen LogP contribution in [0.25, 0.3) is 0 Å². The van der Waals surface area contributed by atoms with Crippen LogP contribution >= 0.6 is 0 Å². The molecule has 0 spiro atoms. The molecule has 2 atom stereocenters. The molecule has 2 rings (SSSR count). The number of aliphatic hydroxyl groups is 2. The van der Waals surface area contributed by atoms with Crippen LogP contribution in [0.2, 0.25) is 0 Å². The van der Waals surface area contributed by atoms with Crippen molar-refractivity contribution in [2.24, 2.45) is 0 Å². The van der Waals surface area contributed by atoms with Gasteiger partial charge in [-0.05, 0) is 56.9 Å². The first-order chi connectivity index (χ1) is 17.0. The van der Waals surface area contributed by atoms with Crippen molar-refractivity contribution in [1.29, 1.82) is 0 Å². The Morgan fingerprint density at radius 1 is 1.00 bits per heavy atom. The molecule has 3 amide bonds. The number of ether oxygens (including phenoxy) is 1. The second kappa shape index (κ2) is 13.0. The number of alkyl carbamates (subject to hydrolysis) is 1. The largest absolute Gasteiger partial charge is 0.444 e.